The average Bonchev–Trinajstić information content (AvgIpc) is 2.42. The molecule has 0 saturated carbocycles. The Morgan fingerprint density at radius 1 is 1.05 bits per heavy atom. The van der Waals surface area contributed by atoms with Crippen LogP contribution in [0.5, 0.6) is 0 Å². The molecule has 4 heteroatoms. The summed E-state index contributed by atoms with van der Waals surface area (Å²) in [5.74, 6) is -0.516. The van der Waals surface area contributed by atoms with Crippen LogP contribution < -0.4 is 10.6 Å². The van der Waals surface area contributed by atoms with Crippen molar-refractivity contribution in [2.75, 3.05) is 11.9 Å². The summed E-state index contributed by atoms with van der Waals surface area (Å²) in [7, 11) is 0. The minimum Gasteiger partial charge on any atom is -0.355 e. The Bertz CT molecular complexity index is 539. The molecule has 0 radical (unpaired) electrons. The molecule has 2 amide bonds. The van der Waals surface area contributed by atoms with Gasteiger partial charge >= 0.3 is 0 Å². The molecule has 0 aliphatic heterocycles. The summed E-state index contributed by atoms with van der Waals surface area (Å²) in [6.07, 6.45) is 1.92. The van der Waals surface area contributed by atoms with Crippen molar-refractivity contribution >= 4 is 17.5 Å². The van der Waals surface area contributed by atoms with Gasteiger partial charge < -0.3 is 10.6 Å². The van der Waals surface area contributed by atoms with E-state index in [1.165, 1.54) is 0 Å². The van der Waals surface area contributed by atoms with Gasteiger partial charge in [-0.2, -0.15) is 0 Å². The molecule has 0 aromatic heterocycles. The Morgan fingerprint density at radius 3 is 2.09 bits per heavy atom. The first kappa shape index (κ1) is 18.2. The fraction of sp³-hybridized carbons (Fsp3) is 0.556. The third-order valence-electron chi connectivity index (χ3n) is 3.87. The number of carbonyl (C=O) groups excluding carboxylic acids is 2. The zero-order valence-corrected chi connectivity index (χ0v) is 14.6. The molecule has 0 aliphatic rings. The van der Waals surface area contributed by atoms with Crippen LogP contribution in [0.25, 0.3) is 0 Å². The van der Waals surface area contributed by atoms with Crippen LogP contribution in [0.3, 0.4) is 0 Å². The van der Waals surface area contributed by atoms with E-state index in [4.69, 9.17) is 0 Å². The Morgan fingerprint density at radius 2 is 1.59 bits per heavy atom. The largest absolute Gasteiger partial charge is 0.355 e. The van der Waals surface area contributed by atoms with Gasteiger partial charge in [-0.05, 0) is 52.2 Å². The van der Waals surface area contributed by atoms with Crippen molar-refractivity contribution in [3.05, 3.63) is 28.8 Å². The van der Waals surface area contributed by atoms with Gasteiger partial charge in [0, 0.05) is 12.2 Å². The minimum atomic E-state index is -1.10. The topological polar surface area (TPSA) is 58.2 Å². The first-order valence-corrected chi connectivity index (χ1v) is 7.87. The molecule has 0 bridgehead atoms. The summed E-state index contributed by atoms with van der Waals surface area (Å²) in [5, 5.41) is 5.75. The van der Waals surface area contributed by atoms with Crippen molar-refractivity contribution in [2.24, 2.45) is 5.41 Å². The lowest BCUT2D eigenvalue weighted by Gasteiger charge is -2.24. The molecule has 0 fully saturated rings. The molecule has 0 aliphatic carbocycles. The lowest BCUT2D eigenvalue weighted by Crippen LogP contribution is -2.45. The predicted molar refractivity (Wildman–Crippen MR) is 91.0 cm³/mol. The normalized spacial score (nSPS) is 11.2. The van der Waals surface area contributed by atoms with Crippen LogP contribution in [0.1, 0.15) is 50.3 Å². The Labute approximate surface area is 133 Å². The summed E-state index contributed by atoms with van der Waals surface area (Å²) in [6.45, 7) is 11.9. The highest BCUT2D eigenvalue weighted by atomic mass is 16.2. The molecule has 2 N–H and O–H groups in total. The lowest BCUT2D eigenvalue weighted by molar-refractivity contribution is -0.138. The van der Waals surface area contributed by atoms with Gasteiger partial charge in [0.05, 0.1) is 0 Å². The van der Waals surface area contributed by atoms with Crippen LogP contribution in [0.2, 0.25) is 0 Å². The second-order valence-corrected chi connectivity index (χ2v) is 6.46. The van der Waals surface area contributed by atoms with Crippen LogP contribution >= 0.6 is 0 Å². The summed E-state index contributed by atoms with van der Waals surface area (Å²) in [4.78, 5) is 24.7. The first-order valence-electron chi connectivity index (χ1n) is 7.87. The van der Waals surface area contributed by atoms with Gasteiger partial charge in [0.2, 0.25) is 11.8 Å². The van der Waals surface area contributed by atoms with Gasteiger partial charge in [-0.25, -0.2) is 0 Å². The molecule has 22 heavy (non-hydrogen) atoms. The number of benzene rings is 1. The first-order chi connectivity index (χ1) is 10.2. The molecule has 0 unspecified atom stereocenters. The van der Waals surface area contributed by atoms with E-state index in [0.29, 0.717) is 6.54 Å². The highest BCUT2D eigenvalue weighted by Crippen LogP contribution is 2.25. The Hall–Kier alpha value is -1.84. The number of rotatable bonds is 6. The summed E-state index contributed by atoms with van der Waals surface area (Å²) in [5.41, 5.74) is 2.87. The number of aryl methyl sites for hydroxylation is 3. The number of hydrogen-bond donors (Lipinski definition) is 2. The van der Waals surface area contributed by atoms with E-state index in [9.17, 15) is 9.59 Å². The SMILES string of the molecule is CCCCNC(=O)C(C)(C)C(=O)Nc1c(C)cc(C)cc1C. The maximum atomic E-state index is 12.5. The molecular weight excluding hydrogens is 276 g/mol. The molecule has 1 rings (SSSR count). The van der Waals surface area contributed by atoms with Crippen LogP contribution in [0.4, 0.5) is 5.69 Å². The van der Waals surface area contributed by atoms with E-state index in [1.54, 1.807) is 13.8 Å². The minimum absolute atomic E-state index is 0.235. The summed E-state index contributed by atoms with van der Waals surface area (Å²) in [6, 6.07) is 4.05. The van der Waals surface area contributed by atoms with E-state index < -0.39 is 5.41 Å². The number of nitrogens with one attached hydrogen (secondary N) is 2. The maximum absolute atomic E-state index is 12.5. The van der Waals surface area contributed by atoms with Crippen molar-refractivity contribution in [3.63, 3.8) is 0 Å². The molecule has 0 spiro atoms. The molecule has 4 nitrogen and oxygen atoms in total. The van der Waals surface area contributed by atoms with E-state index in [1.807, 2.05) is 32.9 Å². The third kappa shape index (κ3) is 4.33. The second-order valence-electron chi connectivity index (χ2n) is 6.46. The van der Waals surface area contributed by atoms with Crippen molar-refractivity contribution in [1.29, 1.82) is 0 Å². The monoisotopic (exact) mass is 304 g/mol. The fourth-order valence-corrected chi connectivity index (χ4v) is 2.35. The van der Waals surface area contributed by atoms with Crippen molar-refractivity contribution < 1.29 is 9.59 Å². The van der Waals surface area contributed by atoms with Crippen molar-refractivity contribution in [3.8, 4) is 0 Å². The average molecular weight is 304 g/mol. The highest BCUT2D eigenvalue weighted by Gasteiger charge is 2.36. The van der Waals surface area contributed by atoms with Gasteiger partial charge in [-0.1, -0.05) is 31.0 Å². The van der Waals surface area contributed by atoms with Gasteiger partial charge in [-0.3, -0.25) is 9.59 Å². The van der Waals surface area contributed by atoms with Crippen LogP contribution in [0.15, 0.2) is 12.1 Å². The van der Waals surface area contributed by atoms with Gasteiger partial charge in [-0.15, -0.1) is 0 Å². The highest BCUT2D eigenvalue weighted by molar-refractivity contribution is 6.10. The number of amides is 2. The quantitative estimate of drug-likeness (QED) is 0.624. The van der Waals surface area contributed by atoms with E-state index in [2.05, 4.69) is 17.6 Å². The lowest BCUT2D eigenvalue weighted by atomic mass is 9.90. The van der Waals surface area contributed by atoms with Crippen LogP contribution in [-0.2, 0) is 9.59 Å². The Kier molecular flexibility index (Phi) is 6.15. The molecule has 0 heterocycles. The van der Waals surface area contributed by atoms with E-state index >= 15 is 0 Å². The maximum Gasteiger partial charge on any atom is 0.239 e. The van der Waals surface area contributed by atoms with Crippen LogP contribution in [-0.4, -0.2) is 18.4 Å². The molecule has 122 valence electrons. The number of unbranched alkanes of at least 4 members (excludes halogenated alkanes) is 1. The fourth-order valence-electron chi connectivity index (χ4n) is 2.35. The number of carbonyl (C=O) groups is 2. The van der Waals surface area contributed by atoms with E-state index in [0.717, 1.165) is 35.2 Å². The molecule has 0 saturated heterocycles. The number of hydrogen-bond acceptors (Lipinski definition) is 2. The summed E-state index contributed by atoms with van der Waals surface area (Å²) >= 11 is 0. The van der Waals surface area contributed by atoms with E-state index in [-0.39, 0.29) is 11.8 Å². The molecule has 1 aromatic carbocycles. The number of anilines is 1. The van der Waals surface area contributed by atoms with Gasteiger partial charge in [0.15, 0.2) is 0 Å². The van der Waals surface area contributed by atoms with Gasteiger partial charge in [0.25, 0.3) is 0 Å². The van der Waals surface area contributed by atoms with Gasteiger partial charge in [0.1, 0.15) is 5.41 Å². The predicted octanol–water partition coefficient (Wildman–Crippen LogP) is 3.49. The van der Waals surface area contributed by atoms with Crippen molar-refractivity contribution in [1.82, 2.24) is 5.32 Å². The third-order valence-corrected chi connectivity index (χ3v) is 3.87. The zero-order valence-electron chi connectivity index (χ0n) is 14.6. The standard InChI is InChI=1S/C18H28N2O2/c1-7-8-9-19-16(21)18(5,6)17(22)20-15-13(3)10-12(2)11-14(15)4/h10-11H,7-9H2,1-6H3,(H,19,21)(H,20,22). The second kappa shape index (κ2) is 7.43. The molecule has 0 atom stereocenters. The molecule has 1 aromatic rings. The van der Waals surface area contributed by atoms with Crippen LogP contribution in [0, 0.1) is 26.2 Å². The summed E-state index contributed by atoms with van der Waals surface area (Å²) < 4.78 is 0. The Balaban J connectivity index is 2.85. The smallest absolute Gasteiger partial charge is 0.239 e. The molecular formula is C18H28N2O2. The van der Waals surface area contributed by atoms with Crippen molar-refractivity contribution in [2.45, 2.75) is 54.4 Å². The zero-order chi connectivity index (χ0) is 16.9.